The van der Waals surface area contributed by atoms with Crippen LogP contribution in [0.4, 0.5) is 4.79 Å². The molecule has 3 unspecified atom stereocenters. The number of carbonyl (C=O) groups excluding carboxylic acids is 1. The Kier molecular flexibility index (Phi) is 3.20. The topological polar surface area (TPSA) is 53.9 Å². The smallest absolute Gasteiger partial charge is 0.410 e. The fourth-order valence-electron chi connectivity index (χ4n) is 2.80. The molecule has 5 heteroatoms. The van der Waals surface area contributed by atoms with Crippen molar-refractivity contribution in [2.75, 3.05) is 13.1 Å². The first-order valence-electron chi connectivity index (χ1n) is 7.33. The summed E-state index contributed by atoms with van der Waals surface area (Å²) in [6.45, 7) is 7.09. The van der Waals surface area contributed by atoms with Gasteiger partial charge < -0.3 is 15.0 Å². The highest BCUT2D eigenvalue weighted by molar-refractivity contribution is 5.72. The summed E-state index contributed by atoms with van der Waals surface area (Å²) in [5.41, 5.74) is -0.481. The lowest BCUT2D eigenvalue weighted by molar-refractivity contribution is 0.0268. The predicted octanol–water partition coefficient (Wildman–Crippen LogP) is 1.76. The van der Waals surface area contributed by atoms with Gasteiger partial charge in [-0.2, -0.15) is 0 Å². The summed E-state index contributed by atoms with van der Waals surface area (Å²) in [5.74, 6) is 6.99. The molecule has 3 rings (SSSR count). The molecule has 0 radical (unpaired) electrons. The van der Waals surface area contributed by atoms with E-state index < -0.39 is 5.60 Å². The first-order valence-corrected chi connectivity index (χ1v) is 7.33. The fraction of sp³-hybridized carbons (Fsp3) is 0.625. The molecule has 3 aliphatic rings. The number of piperidine rings is 1. The van der Waals surface area contributed by atoms with Crippen molar-refractivity contribution < 1.29 is 9.53 Å². The Morgan fingerprint density at radius 1 is 1.52 bits per heavy atom. The highest BCUT2D eigenvalue weighted by Crippen LogP contribution is 2.57. The molecule has 1 saturated heterocycles. The molecular formula is C16H21N3O2. The summed E-state index contributed by atoms with van der Waals surface area (Å²) in [4.78, 5) is 18.1. The number of nitrogens with zero attached hydrogens (tertiary/aromatic N) is 2. The third kappa shape index (κ3) is 3.05. The number of aliphatic imine (C=N–C) groups is 1. The van der Waals surface area contributed by atoms with Crippen LogP contribution in [0, 0.1) is 23.2 Å². The van der Waals surface area contributed by atoms with Crippen molar-refractivity contribution in [1.82, 2.24) is 10.2 Å². The van der Waals surface area contributed by atoms with Crippen LogP contribution in [0.25, 0.3) is 0 Å². The molecule has 1 N–H and O–H groups in total. The zero-order chi connectivity index (χ0) is 15.1. The van der Waals surface area contributed by atoms with E-state index in [1.807, 2.05) is 33.0 Å². The standard InChI is InChI=1S/C16H21N3O2/c1-15(2,3)21-14(20)19-10-12-9-16(12,11-19)6-5-13-17-7-4-8-18-13/h4,7-8,12-13,17H,9-11H2,1-3H3. The van der Waals surface area contributed by atoms with Gasteiger partial charge in [-0.25, -0.2) is 4.79 Å². The van der Waals surface area contributed by atoms with Crippen LogP contribution in [-0.2, 0) is 4.74 Å². The van der Waals surface area contributed by atoms with Gasteiger partial charge in [0.15, 0.2) is 6.17 Å². The molecule has 0 bridgehead atoms. The van der Waals surface area contributed by atoms with Crippen LogP contribution >= 0.6 is 0 Å². The Hall–Kier alpha value is -1.96. The third-order valence-electron chi connectivity index (χ3n) is 3.93. The SMILES string of the molecule is CC(C)(C)OC(=O)N1CC2CC2(C#CC2N=CC=CN2)C1. The van der Waals surface area contributed by atoms with Gasteiger partial charge in [0.2, 0.25) is 0 Å². The molecule has 21 heavy (non-hydrogen) atoms. The minimum absolute atomic E-state index is 0.0325. The Balaban J connectivity index is 1.60. The van der Waals surface area contributed by atoms with Crippen molar-refractivity contribution in [3.05, 3.63) is 12.3 Å². The van der Waals surface area contributed by atoms with E-state index >= 15 is 0 Å². The molecule has 2 heterocycles. The van der Waals surface area contributed by atoms with Crippen LogP contribution < -0.4 is 5.32 Å². The number of amides is 1. The van der Waals surface area contributed by atoms with Crippen molar-refractivity contribution in [3.8, 4) is 11.8 Å². The van der Waals surface area contributed by atoms with Crippen LogP contribution in [0.5, 0.6) is 0 Å². The van der Waals surface area contributed by atoms with Crippen molar-refractivity contribution in [3.63, 3.8) is 0 Å². The second kappa shape index (κ2) is 4.80. The molecule has 112 valence electrons. The van der Waals surface area contributed by atoms with Gasteiger partial charge in [-0.15, -0.1) is 0 Å². The number of fused-ring (bicyclic) bond motifs is 1. The lowest BCUT2D eigenvalue weighted by atomic mass is 10.1. The van der Waals surface area contributed by atoms with E-state index in [-0.39, 0.29) is 17.7 Å². The van der Waals surface area contributed by atoms with Crippen molar-refractivity contribution in [2.24, 2.45) is 16.3 Å². The van der Waals surface area contributed by atoms with Crippen molar-refractivity contribution in [2.45, 2.75) is 39.0 Å². The molecule has 0 aromatic rings. The maximum atomic E-state index is 12.1. The summed E-state index contributed by atoms with van der Waals surface area (Å²) in [7, 11) is 0. The normalized spacial score (nSPS) is 32.8. The number of hydrogen-bond acceptors (Lipinski definition) is 4. The number of rotatable bonds is 0. The summed E-state index contributed by atoms with van der Waals surface area (Å²) in [6.07, 6.45) is 6.12. The van der Waals surface area contributed by atoms with Gasteiger partial charge in [0.05, 0.1) is 5.41 Å². The van der Waals surface area contributed by atoms with Crippen LogP contribution in [0.2, 0.25) is 0 Å². The number of allylic oxidation sites excluding steroid dienone is 1. The third-order valence-corrected chi connectivity index (χ3v) is 3.93. The van der Waals surface area contributed by atoms with Gasteiger partial charge in [-0.1, -0.05) is 11.8 Å². The van der Waals surface area contributed by atoms with E-state index in [1.165, 1.54) is 0 Å². The summed E-state index contributed by atoms with van der Waals surface area (Å²) in [5, 5.41) is 3.09. The van der Waals surface area contributed by atoms with Gasteiger partial charge in [0.1, 0.15) is 5.60 Å². The van der Waals surface area contributed by atoms with Crippen LogP contribution in [-0.4, -0.2) is 42.1 Å². The zero-order valence-corrected chi connectivity index (χ0v) is 12.7. The average Bonchev–Trinajstić information content (AvgIpc) is 2.97. The quantitative estimate of drug-likeness (QED) is 0.691. The minimum Gasteiger partial charge on any atom is -0.444 e. The Morgan fingerprint density at radius 2 is 2.33 bits per heavy atom. The number of nitrogens with one attached hydrogen (secondary N) is 1. The summed E-state index contributed by atoms with van der Waals surface area (Å²) >= 11 is 0. The lowest BCUT2D eigenvalue weighted by Gasteiger charge is -2.25. The average molecular weight is 287 g/mol. The molecule has 5 nitrogen and oxygen atoms in total. The second-order valence-electron chi connectivity index (χ2n) is 6.91. The summed E-state index contributed by atoms with van der Waals surface area (Å²) in [6, 6.07) is 0. The van der Waals surface area contributed by atoms with E-state index in [1.54, 1.807) is 11.1 Å². The van der Waals surface area contributed by atoms with E-state index in [0.717, 1.165) is 13.0 Å². The van der Waals surface area contributed by atoms with E-state index in [4.69, 9.17) is 4.74 Å². The number of hydrogen-bond donors (Lipinski definition) is 1. The van der Waals surface area contributed by atoms with Gasteiger partial charge in [-0.05, 0) is 39.2 Å². The van der Waals surface area contributed by atoms with Crippen LogP contribution in [0.1, 0.15) is 27.2 Å². The van der Waals surface area contributed by atoms with Crippen molar-refractivity contribution in [1.29, 1.82) is 0 Å². The second-order valence-corrected chi connectivity index (χ2v) is 6.91. The molecule has 0 aromatic heterocycles. The Morgan fingerprint density at radius 3 is 3.00 bits per heavy atom. The van der Waals surface area contributed by atoms with Gasteiger partial charge in [0.25, 0.3) is 0 Å². The molecule has 1 amide bonds. The maximum Gasteiger partial charge on any atom is 0.410 e. The lowest BCUT2D eigenvalue weighted by Crippen LogP contribution is -2.37. The fourth-order valence-corrected chi connectivity index (χ4v) is 2.80. The largest absolute Gasteiger partial charge is 0.444 e. The Labute approximate surface area is 125 Å². The molecule has 2 aliphatic heterocycles. The number of likely N-dealkylation sites (tertiary alicyclic amines) is 1. The van der Waals surface area contributed by atoms with Gasteiger partial charge in [-0.3, -0.25) is 4.99 Å². The van der Waals surface area contributed by atoms with E-state index in [9.17, 15) is 4.79 Å². The molecule has 1 aliphatic carbocycles. The molecule has 0 aromatic carbocycles. The first kappa shape index (κ1) is 14.0. The van der Waals surface area contributed by atoms with Crippen LogP contribution in [0.15, 0.2) is 17.3 Å². The first-order chi connectivity index (χ1) is 9.88. The monoisotopic (exact) mass is 287 g/mol. The molecule has 3 atom stereocenters. The minimum atomic E-state index is -0.449. The zero-order valence-electron chi connectivity index (χ0n) is 12.7. The highest BCUT2D eigenvalue weighted by Gasteiger charge is 2.60. The molecule has 1 saturated carbocycles. The number of ether oxygens (including phenoxy) is 1. The predicted molar refractivity (Wildman–Crippen MR) is 80.7 cm³/mol. The molecular weight excluding hydrogens is 266 g/mol. The molecule has 0 spiro atoms. The van der Waals surface area contributed by atoms with E-state index in [0.29, 0.717) is 12.5 Å². The Bertz CT molecular complexity index is 564. The van der Waals surface area contributed by atoms with Crippen LogP contribution in [0.3, 0.4) is 0 Å². The maximum absolute atomic E-state index is 12.1. The molecule has 2 fully saturated rings. The van der Waals surface area contributed by atoms with Gasteiger partial charge in [0, 0.05) is 25.5 Å². The number of carbonyl (C=O) groups is 1. The van der Waals surface area contributed by atoms with Gasteiger partial charge >= 0.3 is 6.09 Å². The van der Waals surface area contributed by atoms with E-state index in [2.05, 4.69) is 22.2 Å². The van der Waals surface area contributed by atoms with Crippen molar-refractivity contribution >= 4 is 12.3 Å². The summed E-state index contributed by atoms with van der Waals surface area (Å²) < 4.78 is 5.42. The highest BCUT2D eigenvalue weighted by atomic mass is 16.6.